The van der Waals surface area contributed by atoms with Crippen LogP contribution in [0.5, 0.6) is 5.75 Å². The maximum atomic E-state index is 12.1. The Bertz CT molecular complexity index is 698. The first-order chi connectivity index (χ1) is 10.5. The first-order valence-electron chi connectivity index (χ1n) is 6.75. The zero-order chi connectivity index (χ0) is 16.0. The number of hydrogen-bond acceptors (Lipinski definition) is 6. The van der Waals surface area contributed by atoms with Crippen molar-refractivity contribution >= 4 is 21.8 Å². The van der Waals surface area contributed by atoms with Crippen LogP contribution in [0.2, 0.25) is 0 Å². The number of sulfonamides is 1. The van der Waals surface area contributed by atoms with Crippen LogP contribution in [0, 0.1) is 6.92 Å². The molecule has 7 nitrogen and oxygen atoms in total. The van der Waals surface area contributed by atoms with Crippen molar-refractivity contribution in [3.63, 3.8) is 0 Å². The van der Waals surface area contributed by atoms with Gasteiger partial charge < -0.3 is 4.74 Å². The van der Waals surface area contributed by atoms with Crippen molar-refractivity contribution in [2.45, 2.75) is 23.9 Å². The van der Waals surface area contributed by atoms with E-state index in [0.717, 1.165) is 5.82 Å². The second-order valence-corrected chi connectivity index (χ2v) is 7.18. The molecule has 0 aliphatic rings. The van der Waals surface area contributed by atoms with E-state index in [4.69, 9.17) is 4.74 Å². The first kappa shape index (κ1) is 16.8. The minimum Gasteiger partial charge on any atom is -0.494 e. The van der Waals surface area contributed by atoms with E-state index in [1.165, 1.54) is 23.9 Å². The van der Waals surface area contributed by atoms with Crippen LogP contribution in [0.3, 0.4) is 0 Å². The molecule has 1 heterocycles. The molecular weight excluding hydrogens is 324 g/mol. The van der Waals surface area contributed by atoms with E-state index in [2.05, 4.69) is 19.9 Å². The fourth-order valence-corrected chi connectivity index (χ4v) is 3.53. The van der Waals surface area contributed by atoms with E-state index in [0.29, 0.717) is 29.8 Å². The largest absolute Gasteiger partial charge is 0.494 e. The van der Waals surface area contributed by atoms with Crippen LogP contribution in [0.4, 0.5) is 0 Å². The van der Waals surface area contributed by atoms with E-state index >= 15 is 0 Å². The van der Waals surface area contributed by atoms with Crippen molar-refractivity contribution < 1.29 is 13.2 Å². The molecule has 0 aliphatic carbocycles. The molecule has 0 saturated carbocycles. The molecule has 0 bridgehead atoms. The minimum absolute atomic E-state index is 0.217. The maximum Gasteiger partial charge on any atom is 0.240 e. The highest BCUT2D eigenvalue weighted by atomic mass is 32.2. The number of thioether (sulfide) groups is 1. The summed E-state index contributed by atoms with van der Waals surface area (Å²) >= 11 is 1.39. The normalized spacial score (nSPS) is 11.5. The predicted octanol–water partition coefficient (Wildman–Crippen LogP) is 1.58. The van der Waals surface area contributed by atoms with Gasteiger partial charge in [-0.2, -0.15) is 0 Å². The van der Waals surface area contributed by atoms with Gasteiger partial charge in [-0.1, -0.05) is 11.8 Å². The summed E-state index contributed by atoms with van der Waals surface area (Å²) in [5.41, 5.74) is 0. The van der Waals surface area contributed by atoms with Gasteiger partial charge in [-0.05, 0) is 38.1 Å². The van der Waals surface area contributed by atoms with Crippen LogP contribution in [0.15, 0.2) is 34.3 Å². The zero-order valence-electron chi connectivity index (χ0n) is 12.4. The second kappa shape index (κ2) is 7.61. The van der Waals surface area contributed by atoms with Crippen molar-refractivity contribution in [2.75, 3.05) is 18.9 Å². The molecule has 0 amide bonds. The molecule has 0 unspecified atom stereocenters. The number of aromatic amines is 1. The Morgan fingerprint density at radius 1 is 1.32 bits per heavy atom. The number of H-pyrrole nitrogens is 1. The molecule has 2 rings (SSSR count). The number of aryl methyl sites for hydroxylation is 1. The number of rotatable bonds is 8. The van der Waals surface area contributed by atoms with Crippen molar-refractivity contribution in [3.05, 3.63) is 30.1 Å². The highest BCUT2D eigenvalue weighted by molar-refractivity contribution is 7.99. The lowest BCUT2D eigenvalue weighted by Crippen LogP contribution is -2.26. The molecule has 2 N–H and O–H groups in total. The summed E-state index contributed by atoms with van der Waals surface area (Å²) in [7, 11) is -3.51. The summed E-state index contributed by atoms with van der Waals surface area (Å²) in [6, 6.07) is 6.34. The van der Waals surface area contributed by atoms with E-state index < -0.39 is 10.0 Å². The number of benzene rings is 1. The first-order valence-corrected chi connectivity index (χ1v) is 9.22. The number of hydrogen-bond donors (Lipinski definition) is 2. The summed E-state index contributed by atoms with van der Waals surface area (Å²) < 4.78 is 32.1. The highest BCUT2D eigenvalue weighted by Crippen LogP contribution is 2.16. The van der Waals surface area contributed by atoms with Crippen LogP contribution in [-0.2, 0) is 10.0 Å². The van der Waals surface area contributed by atoms with Gasteiger partial charge in [-0.15, -0.1) is 5.10 Å². The third-order valence-corrected chi connectivity index (χ3v) is 4.97. The summed E-state index contributed by atoms with van der Waals surface area (Å²) in [5.74, 6) is 1.93. The van der Waals surface area contributed by atoms with Crippen LogP contribution in [0.1, 0.15) is 12.7 Å². The fraction of sp³-hybridized carbons (Fsp3) is 0.385. The smallest absolute Gasteiger partial charge is 0.240 e. The lowest BCUT2D eigenvalue weighted by atomic mass is 10.3. The number of ether oxygens (including phenoxy) is 1. The van der Waals surface area contributed by atoms with E-state index in [9.17, 15) is 8.42 Å². The summed E-state index contributed by atoms with van der Waals surface area (Å²) in [6.07, 6.45) is 0. The third kappa shape index (κ3) is 4.72. The quantitative estimate of drug-likeness (QED) is 0.558. The molecule has 0 aliphatic heterocycles. The van der Waals surface area contributed by atoms with Crippen LogP contribution in [0.25, 0.3) is 0 Å². The summed E-state index contributed by atoms with van der Waals surface area (Å²) in [6.45, 7) is 4.53. The van der Waals surface area contributed by atoms with Crippen molar-refractivity contribution in [2.24, 2.45) is 0 Å². The van der Waals surface area contributed by atoms with E-state index in [1.54, 1.807) is 12.1 Å². The van der Waals surface area contributed by atoms with Gasteiger partial charge >= 0.3 is 0 Å². The topological polar surface area (TPSA) is 97.0 Å². The second-order valence-electron chi connectivity index (χ2n) is 4.35. The third-order valence-electron chi connectivity index (χ3n) is 2.65. The molecule has 0 spiro atoms. The highest BCUT2D eigenvalue weighted by Gasteiger charge is 2.13. The Balaban J connectivity index is 1.85. The monoisotopic (exact) mass is 342 g/mol. The van der Waals surface area contributed by atoms with E-state index in [-0.39, 0.29) is 4.90 Å². The Hall–Kier alpha value is -1.58. The molecule has 120 valence electrons. The van der Waals surface area contributed by atoms with Crippen molar-refractivity contribution in [1.82, 2.24) is 19.9 Å². The van der Waals surface area contributed by atoms with Gasteiger partial charge in [0.25, 0.3) is 0 Å². The van der Waals surface area contributed by atoms with Gasteiger partial charge in [-0.25, -0.2) is 18.1 Å². The van der Waals surface area contributed by atoms with Crippen LogP contribution < -0.4 is 9.46 Å². The Labute approximate surface area is 133 Å². The minimum atomic E-state index is -3.51. The van der Waals surface area contributed by atoms with Gasteiger partial charge in [0.2, 0.25) is 15.2 Å². The van der Waals surface area contributed by atoms with Gasteiger partial charge in [0.15, 0.2) is 0 Å². The number of nitrogens with zero attached hydrogens (tertiary/aromatic N) is 2. The number of nitrogens with one attached hydrogen (secondary N) is 2. The zero-order valence-corrected chi connectivity index (χ0v) is 14.0. The number of aromatic nitrogens is 3. The Morgan fingerprint density at radius 2 is 2.05 bits per heavy atom. The van der Waals surface area contributed by atoms with Gasteiger partial charge in [0.05, 0.1) is 11.5 Å². The maximum absolute atomic E-state index is 12.1. The van der Waals surface area contributed by atoms with E-state index in [1.807, 2.05) is 13.8 Å². The molecule has 0 fully saturated rings. The average molecular weight is 342 g/mol. The standard InChI is InChI=1S/C13H18N4O3S2/c1-3-20-11-4-6-12(7-5-11)22(18,19)14-8-9-21-13-15-10(2)16-17-13/h4-7,14H,3,8-9H2,1-2H3,(H,15,16,17). The molecular formula is C13H18N4O3S2. The molecule has 9 heteroatoms. The van der Waals surface area contributed by atoms with Gasteiger partial charge in [0, 0.05) is 12.3 Å². The molecule has 0 saturated heterocycles. The SMILES string of the molecule is CCOc1ccc(S(=O)(=O)NCCSc2n[nH]c(C)n2)cc1. The van der Waals surface area contributed by atoms with Gasteiger partial charge in [-0.3, -0.25) is 5.10 Å². The lowest BCUT2D eigenvalue weighted by Gasteiger charge is -2.07. The molecule has 0 radical (unpaired) electrons. The molecule has 0 atom stereocenters. The molecule has 22 heavy (non-hydrogen) atoms. The Morgan fingerprint density at radius 3 is 2.64 bits per heavy atom. The molecule has 2 aromatic rings. The Kier molecular flexibility index (Phi) is 5.81. The average Bonchev–Trinajstić information content (AvgIpc) is 2.90. The predicted molar refractivity (Wildman–Crippen MR) is 84.6 cm³/mol. The lowest BCUT2D eigenvalue weighted by molar-refractivity contribution is 0.340. The molecule has 1 aromatic carbocycles. The molecule has 1 aromatic heterocycles. The summed E-state index contributed by atoms with van der Waals surface area (Å²) in [4.78, 5) is 4.35. The van der Waals surface area contributed by atoms with Crippen LogP contribution in [-0.4, -0.2) is 42.5 Å². The van der Waals surface area contributed by atoms with Crippen molar-refractivity contribution in [3.8, 4) is 5.75 Å². The van der Waals surface area contributed by atoms with Crippen molar-refractivity contribution in [1.29, 1.82) is 0 Å². The van der Waals surface area contributed by atoms with Crippen LogP contribution >= 0.6 is 11.8 Å². The summed E-state index contributed by atoms with van der Waals surface area (Å²) in [5, 5.41) is 7.31. The van der Waals surface area contributed by atoms with Gasteiger partial charge in [0.1, 0.15) is 11.6 Å². The fourth-order valence-electron chi connectivity index (χ4n) is 1.67.